The standard InChI is InChI=1S/C18H25NO2/c1-21-17-8-7-15-11-14(5-6-16(15)13-17)12-18(20)19-9-3-2-4-10-19/h7-8,13-14H,2-6,9-12H2,1H3. The van der Waals surface area contributed by atoms with Crippen molar-refractivity contribution in [1.29, 1.82) is 0 Å². The molecule has 1 aliphatic carbocycles. The molecule has 114 valence electrons. The lowest BCUT2D eigenvalue weighted by Gasteiger charge is -2.30. The van der Waals surface area contributed by atoms with Crippen LogP contribution in [0.3, 0.4) is 0 Å². The topological polar surface area (TPSA) is 29.5 Å². The zero-order valence-electron chi connectivity index (χ0n) is 12.9. The first-order valence-electron chi connectivity index (χ1n) is 8.20. The second-order valence-electron chi connectivity index (χ2n) is 6.39. The van der Waals surface area contributed by atoms with Crippen LogP contribution in [0.4, 0.5) is 0 Å². The highest BCUT2D eigenvalue weighted by Gasteiger charge is 2.24. The molecule has 1 amide bonds. The highest BCUT2D eigenvalue weighted by Crippen LogP contribution is 2.30. The lowest BCUT2D eigenvalue weighted by atomic mass is 9.82. The Morgan fingerprint density at radius 1 is 1.24 bits per heavy atom. The molecule has 0 N–H and O–H groups in total. The van der Waals surface area contributed by atoms with Gasteiger partial charge in [-0.2, -0.15) is 0 Å². The van der Waals surface area contributed by atoms with E-state index in [0.717, 1.165) is 44.5 Å². The van der Waals surface area contributed by atoms with Crippen molar-refractivity contribution in [2.45, 2.75) is 44.9 Å². The van der Waals surface area contributed by atoms with Gasteiger partial charge in [0.25, 0.3) is 0 Å². The van der Waals surface area contributed by atoms with Crippen molar-refractivity contribution < 1.29 is 9.53 Å². The van der Waals surface area contributed by atoms with Crippen molar-refractivity contribution in [1.82, 2.24) is 4.90 Å². The van der Waals surface area contributed by atoms with Crippen LogP contribution in [0.1, 0.15) is 43.2 Å². The number of aryl methyl sites for hydroxylation is 1. The minimum absolute atomic E-state index is 0.372. The SMILES string of the molecule is COc1ccc2c(c1)CCC(CC(=O)N1CCCCC1)C2. The van der Waals surface area contributed by atoms with Crippen molar-refractivity contribution in [3.05, 3.63) is 29.3 Å². The third-order valence-corrected chi connectivity index (χ3v) is 4.92. The largest absolute Gasteiger partial charge is 0.497 e. The van der Waals surface area contributed by atoms with Gasteiger partial charge < -0.3 is 9.64 Å². The maximum atomic E-state index is 12.4. The van der Waals surface area contributed by atoms with Crippen molar-refractivity contribution in [2.75, 3.05) is 20.2 Å². The number of carbonyl (C=O) groups is 1. The fourth-order valence-corrected chi connectivity index (χ4v) is 3.63. The Bertz CT molecular complexity index is 506. The molecule has 3 heteroatoms. The molecular weight excluding hydrogens is 262 g/mol. The van der Waals surface area contributed by atoms with E-state index in [1.807, 2.05) is 6.07 Å². The molecule has 0 radical (unpaired) electrons. The first kappa shape index (κ1) is 14.4. The van der Waals surface area contributed by atoms with E-state index in [0.29, 0.717) is 11.8 Å². The number of rotatable bonds is 3. The van der Waals surface area contributed by atoms with Crippen LogP contribution in [0.25, 0.3) is 0 Å². The lowest BCUT2D eigenvalue weighted by Crippen LogP contribution is -2.37. The van der Waals surface area contributed by atoms with Gasteiger partial charge in [-0.25, -0.2) is 0 Å². The Balaban J connectivity index is 1.59. The van der Waals surface area contributed by atoms with Crippen LogP contribution in [0.2, 0.25) is 0 Å². The minimum Gasteiger partial charge on any atom is -0.497 e. The number of benzene rings is 1. The number of ether oxygens (including phenoxy) is 1. The fraction of sp³-hybridized carbons (Fsp3) is 0.611. The van der Waals surface area contributed by atoms with Crippen LogP contribution in [-0.2, 0) is 17.6 Å². The van der Waals surface area contributed by atoms with Gasteiger partial charge in [0.2, 0.25) is 5.91 Å². The molecule has 3 rings (SSSR count). The molecule has 2 aliphatic rings. The maximum absolute atomic E-state index is 12.4. The van der Waals surface area contributed by atoms with E-state index in [1.165, 1.54) is 30.4 Å². The van der Waals surface area contributed by atoms with E-state index in [-0.39, 0.29) is 0 Å². The summed E-state index contributed by atoms with van der Waals surface area (Å²) in [6.07, 6.45) is 7.61. The second kappa shape index (κ2) is 6.50. The molecule has 1 heterocycles. The molecule has 1 aromatic carbocycles. The molecule has 0 bridgehead atoms. The third kappa shape index (κ3) is 3.39. The van der Waals surface area contributed by atoms with E-state index in [4.69, 9.17) is 4.74 Å². The molecule has 1 saturated heterocycles. The Labute approximate surface area is 127 Å². The highest BCUT2D eigenvalue weighted by molar-refractivity contribution is 5.76. The van der Waals surface area contributed by atoms with Gasteiger partial charge in [-0.15, -0.1) is 0 Å². The van der Waals surface area contributed by atoms with Crippen LogP contribution in [0.5, 0.6) is 5.75 Å². The van der Waals surface area contributed by atoms with Gasteiger partial charge in [0, 0.05) is 19.5 Å². The minimum atomic E-state index is 0.372. The summed E-state index contributed by atoms with van der Waals surface area (Å²) in [6.45, 7) is 1.94. The van der Waals surface area contributed by atoms with Crippen LogP contribution < -0.4 is 4.74 Å². The summed E-state index contributed by atoms with van der Waals surface area (Å²) in [6, 6.07) is 6.36. The Hall–Kier alpha value is -1.51. The predicted octanol–water partition coefficient (Wildman–Crippen LogP) is 3.20. The number of piperidine rings is 1. The zero-order valence-corrected chi connectivity index (χ0v) is 12.9. The first-order valence-corrected chi connectivity index (χ1v) is 8.20. The molecule has 0 saturated carbocycles. The summed E-state index contributed by atoms with van der Waals surface area (Å²) < 4.78 is 5.29. The van der Waals surface area contributed by atoms with Gasteiger partial charge in [-0.1, -0.05) is 6.07 Å². The van der Waals surface area contributed by atoms with E-state index in [9.17, 15) is 4.79 Å². The maximum Gasteiger partial charge on any atom is 0.222 e. The van der Waals surface area contributed by atoms with Gasteiger partial charge in [-0.05, 0) is 67.7 Å². The van der Waals surface area contributed by atoms with Gasteiger partial charge in [0.05, 0.1) is 7.11 Å². The number of amides is 1. The van der Waals surface area contributed by atoms with Crippen molar-refractivity contribution in [3.8, 4) is 5.75 Å². The number of hydrogen-bond donors (Lipinski definition) is 0. The molecule has 1 unspecified atom stereocenters. The summed E-state index contributed by atoms with van der Waals surface area (Å²) in [5, 5.41) is 0. The number of nitrogens with zero attached hydrogens (tertiary/aromatic N) is 1. The smallest absolute Gasteiger partial charge is 0.222 e. The van der Waals surface area contributed by atoms with Crippen molar-refractivity contribution in [3.63, 3.8) is 0 Å². The van der Waals surface area contributed by atoms with Crippen LogP contribution in [0.15, 0.2) is 18.2 Å². The van der Waals surface area contributed by atoms with Crippen molar-refractivity contribution >= 4 is 5.91 Å². The van der Waals surface area contributed by atoms with Crippen LogP contribution >= 0.6 is 0 Å². The summed E-state index contributed by atoms with van der Waals surface area (Å²) in [5.74, 6) is 1.83. The molecule has 1 aromatic rings. The van der Waals surface area contributed by atoms with Gasteiger partial charge in [0.1, 0.15) is 5.75 Å². The highest BCUT2D eigenvalue weighted by atomic mass is 16.5. The van der Waals surface area contributed by atoms with Crippen LogP contribution in [-0.4, -0.2) is 31.0 Å². The molecule has 3 nitrogen and oxygen atoms in total. The molecule has 0 spiro atoms. The van der Waals surface area contributed by atoms with Crippen LogP contribution in [0, 0.1) is 5.92 Å². The molecule has 1 aliphatic heterocycles. The number of fused-ring (bicyclic) bond motifs is 1. The predicted molar refractivity (Wildman–Crippen MR) is 83.6 cm³/mol. The van der Waals surface area contributed by atoms with E-state index in [2.05, 4.69) is 17.0 Å². The Kier molecular flexibility index (Phi) is 4.47. The third-order valence-electron chi connectivity index (χ3n) is 4.92. The average molecular weight is 287 g/mol. The average Bonchev–Trinajstić information content (AvgIpc) is 2.55. The first-order chi connectivity index (χ1) is 10.3. The van der Waals surface area contributed by atoms with Gasteiger partial charge in [-0.3, -0.25) is 4.79 Å². The number of hydrogen-bond acceptors (Lipinski definition) is 2. The van der Waals surface area contributed by atoms with E-state index >= 15 is 0 Å². The zero-order chi connectivity index (χ0) is 14.7. The lowest BCUT2D eigenvalue weighted by molar-refractivity contribution is -0.133. The molecule has 0 aromatic heterocycles. The van der Waals surface area contributed by atoms with Gasteiger partial charge in [0.15, 0.2) is 0 Å². The molecule has 1 atom stereocenters. The fourth-order valence-electron chi connectivity index (χ4n) is 3.63. The van der Waals surface area contributed by atoms with Crippen molar-refractivity contribution in [2.24, 2.45) is 5.92 Å². The molecule has 21 heavy (non-hydrogen) atoms. The summed E-state index contributed by atoms with van der Waals surface area (Å²) in [4.78, 5) is 14.5. The summed E-state index contributed by atoms with van der Waals surface area (Å²) in [7, 11) is 1.71. The number of carbonyl (C=O) groups excluding carboxylic acids is 1. The quantitative estimate of drug-likeness (QED) is 0.854. The normalized spacial score (nSPS) is 21.8. The monoisotopic (exact) mass is 287 g/mol. The Morgan fingerprint density at radius 3 is 2.81 bits per heavy atom. The summed E-state index contributed by atoms with van der Waals surface area (Å²) >= 11 is 0. The Morgan fingerprint density at radius 2 is 2.05 bits per heavy atom. The number of likely N-dealkylation sites (tertiary alicyclic amines) is 1. The van der Waals surface area contributed by atoms with E-state index < -0.39 is 0 Å². The van der Waals surface area contributed by atoms with Gasteiger partial charge >= 0.3 is 0 Å². The summed E-state index contributed by atoms with van der Waals surface area (Å²) in [5.41, 5.74) is 2.80. The molecular formula is C18H25NO2. The second-order valence-corrected chi connectivity index (χ2v) is 6.39. The molecule has 1 fully saturated rings. The number of methoxy groups -OCH3 is 1. The van der Waals surface area contributed by atoms with E-state index in [1.54, 1.807) is 7.11 Å².